The molecule has 1 heterocycles. The van der Waals surface area contributed by atoms with Crippen LogP contribution in [0, 0.1) is 5.82 Å². The molecule has 0 saturated heterocycles. The van der Waals surface area contributed by atoms with E-state index in [1.807, 2.05) is 0 Å². The van der Waals surface area contributed by atoms with Crippen molar-refractivity contribution in [1.29, 1.82) is 0 Å². The second kappa shape index (κ2) is 2.35. The number of anilines is 1. The molecule has 4 nitrogen and oxygen atoms in total. The number of benzene rings is 1. The summed E-state index contributed by atoms with van der Waals surface area (Å²) >= 11 is 0. The van der Waals surface area contributed by atoms with Crippen LogP contribution in [0.3, 0.4) is 0 Å². The summed E-state index contributed by atoms with van der Waals surface area (Å²) in [7, 11) is 1.49. The SMILES string of the molecule is Cn1c(=O)oc2c(F)cc(N)cc21. The van der Waals surface area contributed by atoms with Gasteiger partial charge in [-0.15, -0.1) is 0 Å². The lowest BCUT2D eigenvalue weighted by atomic mass is 10.3. The average Bonchev–Trinajstić information content (AvgIpc) is 2.32. The van der Waals surface area contributed by atoms with Gasteiger partial charge in [-0.05, 0) is 6.07 Å². The monoisotopic (exact) mass is 182 g/mol. The number of rotatable bonds is 0. The van der Waals surface area contributed by atoms with Crippen LogP contribution in [-0.4, -0.2) is 4.57 Å². The fraction of sp³-hybridized carbons (Fsp3) is 0.125. The molecule has 0 aliphatic carbocycles. The number of aromatic nitrogens is 1. The highest BCUT2D eigenvalue weighted by Gasteiger charge is 2.10. The Bertz CT molecular complexity index is 527. The zero-order valence-electron chi connectivity index (χ0n) is 6.87. The number of hydrogen-bond acceptors (Lipinski definition) is 3. The Labute approximate surface area is 72.4 Å². The predicted octanol–water partition coefficient (Wildman–Crippen LogP) is 0.853. The van der Waals surface area contributed by atoms with Gasteiger partial charge in [-0.2, -0.15) is 0 Å². The molecule has 0 fully saturated rings. The third kappa shape index (κ3) is 1.00. The van der Waals surface area contributed by atoms with Crippen LogP contribution in [0.2, 0.25) is 0 Å². The summed E-state index contributed by atoms with van der Waals surface area (Å²) in [6, 6.07) is 2.61. The van der Waals surface area contributed by atoms with Crippen LogP contribution >= 0.6 is 0 Å². The van der Waals surface area contributed by atoms with Gasteiger partial charge >= 0.3 is 5.76 Å². The number of halogens is 1. The molecular formula is C8H7FN2O2. The maximum absolute atomic E-state index is 13.1. The molecule has 5 heteroatoms. The normalized spacial score (nSPS) is 10.9. The maximum Gasteiger partial charge on any atom is 0.419 e. The molecule has 0 saturated carbocycles. The van der Waals surface area contributed by atoms with Gasteiger partial charge in [0, 0.05) is 18.8 Å². The van der Waals surface area contributed by atoms with Crippen LogP contribution in [0.25, 0.3) is 11.1 Å². The minimum Gasteiger partial charge on any atom is -0.405 e. The number of nitrogens with two attached hydrogens (primary N) is 1. The summed E-state index contributed by atoms with van der Waals surface area (Å²) in [6.45, 7) is 0. The summed E-state index contributed by atoms with van der Waals surface area (Å²) in [4.78, 5) is 11.0. The van der Waals surface area contributed by atoms with E-state index in [1.165, 1.54) is 17.7 Å². The van der Waals surface area contributed by atoms with E-state index in [9.17, 15) is 9.18 Å². The highest BCUT2D eigenvalue weighted by molar-refractivity contribution is 5.77. The summed E-state index contributed by atoms with van der Waals surface area (Å²) in [5.41, 5.74) is 5.98. The molecule has 1 aromatic carbocycles. The number of fused-ring (bicyclic) bond motifs is 1. The van der Waals surface area contributed by atoms with Crippen molar-refractivity contribution in [2.75, 3.05) is 5.73 Å². The van der Waals surface area contributed by atoms with E-state index < -0.39 is 11.6 Å². The van der Waals surface area contributed by atoms with Crippen molar-refractivity contribution < 1.29 is 8.81 Å². The first-order chi connectivity index (χ1) is 6.09. The lowest BCUT2D eigenvalue weighted by Gasteiger charge is -1.95. The van der Waals surface area contributed by atoms with Crippen molar-refractivity contribution in [3.8, 4) is 0 Å². The van der Waals surface area contributed by atoms with Crippen LogP contribution in [0.1, 0.15) is 0 Å². The van der Waals surface area contributed by atoms with E-state index in [-0.39, 0.29) is 11.3 Å². The highest BCUT2D eigenvalue weighted by atomic mass is 19.1. The van der Waals surface area contributed by atoms with Crippen molar-refractivity contribution in [3.05, 3.63) is 28.5 Å². The molecule has 0 amide bonds. The van der Waals surface area contributed by atoms with E-state index in [2.05, 4.69) is 4.42 Å². The van der Waals surface area contributed by atoms with Crippen molar-refractivity contribution in [2.24, 2.45) is 7.05 Å². The topological polar surface area (TPSA) is 61.2 Å². The number of hydrogen-bond donors (Lipinski definition) is 1. The quantitative estimate of drug-likeness (QED) is 0.614. The smallest absolute Gasteiger partial charge is 0.405 e. The summed E-state index contributed by atoms with van der Waals surface area (Å²) in [5, 5.41) is 0. The molecule has 2 rings (SSSR count). The number of oxazole rings is 1. The van der Waals surface area contributed by atoms with Crippen molar-refractivity contribution in [2.45, 2.75) is 0 Å². The second-order valence-corrected chi connectivity index (χ2v) is 2.78. The summed E-state index contributed by atoms with van der Waals surface area (Å²) in [5.74, 6) is -1.22. The standard InChI is InChI=1S/C8H7FN2O2/c1-11-6-3-4(10)2-5(9)7(6)13-8(11)12/h2-3H,10H2,1H3. The number of aryl methyl sites for hydroxylation is 1. The van der Waals surface area contributed by atoms with Crippen molar-refractivity contribution >= 4 is 16.8 Å². The zero-order chi connectivity index (χ0) is 9.59. The van der Waals surface area contributed by atoms with E-state index in [1.54, 1.807) is 0 Å². The average molecular weight is 182 g/mol. The molecule has 0 atom stereocenters. The number of nitrogen functional groups attached to an aromatic ring is 1. The molecule has 0 spiro atoms. The van der Waals surface area contributed by atoms with Crippen molar-refractivity contribution in [3.63, 3.8) is 0 Å². The van der Waals surface area contributed by atoms with Crippen LogP contribution in [0.4, 0.5) is 10.1 Å². The van der Waals surface area contributed by atoms with E-state index in [0.717, 1.165) is 6.07 Å². The Morgan fingerprint density at radius 3 is 2.92 bits per heavy atom. The van der Waals surface area contributed by atoms with Crippen LogP contribution in [-0.2, 0) is 7.05 Å². The molecule has 2 aromatic rings. The van der Waals surface area contributed by atoms with Crippen molar-refractivity contribution in [1.82, 2.24) is 4.57 Å². The fourth-order valence-electron chi connectivity index (χ4n) is 1.20. The lowest BCUT2D eigenvalue weighted by molar-refractivity contribution is 0.505. The van der Waals surface area contributed by atoms with Gasteiger partial charge in [0.15, 0.2) is 11.4 Å². The first-order valence-electron chi connectivity index (χ1n) is 3.64. The predicted molar refractivity (Wildman–Crippen MR) is 45.8 cm³/mol. The van der Waals surface area contributed by atoms with E-state index in [0.29, 0.717) is 5.52 Å². The molecular weight excluding hydrogens is 175 g/mol. The van der Waals surface area contributed by atoms with Gasteiger partial charge in [-0.1, -0.05) is 0 Å². The third-order valence-corrected chi connectivity index (χ3v) is 1.87. The molecule has 0 aliphatic rings. The molecule has 68 valence electrons. The highest BCUT2D eigenvalue weighted by Crippen LogP contribution is 2.19. The Morgan fingerprint density at radius 2 is 2.23 bits per heavy atom. The largest absolute Gasteiger partial charge is 0.419 e. The summed E-state index contributed by atoms with van der Waals surface area (Å²) < 4.78 is 19.0. The maximum atomic E-state index is 13.1. The minimum atomic E-state index is -0.618. The molecule has 1 aromatic heterocycles. The van der Waals surface area contributed by atoms with Gasteiger partial charge in [0.2, 0.25) is 0 Å². The first-order valence-corrected chi connectivity index (χ1v) is 3.64. The summed E-state index contributed by atoms with van der Waals surface area (Å²) in [6.07, 6.45) is 0. The zero-order valence-corrected chi connectivity index (χ0v) is 6.87. The molecule has 0 radical (unpaired) electrons. The molecule has 0 aliphatic heterocycles. The second-order valence-electron chi connectivity index (χ2n) is 2.78. The Balaban J connectivity index is 3.03. The fourth-order valence-corrected chi connectivity index (χ4v) is 1.20. The lowest BCUT2D eigenvalue weighted by Crippen LogP contribution is -2.08. The molecule has 2 N–H and O–H groups in total. The van der Waals surface area contributed by atoms with Crippen LogP contribution in [0.15, 0.2) is 21.3 Å². The molecule has 0 unspecified atom stereocenters. The molecule has 13 heavy (non-hydrogen) atoms. The Kier molecular flexibility index (Phi) is 1.42. The Hall–Kier alpha value is -1.78. The van der Waals surface area contributed by atoms with Gasteiger partial charge in [-0.3, -0.25) is 4.57 Å². The van der Waals surface area contributed by atoms with Crippen LogP contribution in [0.5, 0.6) is 0 Å². The van der Waals surface area contributed by atoms with Gasteiger partial charge in [0.1, 0.15) is 0 Å². The van der Waals surface area contributed by atoms with Gasteiger partial charge < -0.3 is 10.2 Å². The first kappa shape index (κ1) is 7.85. The minimum absolute atomic E-state index is 0.0540. The van der Waals surface area contributed by atoms with E-state index in [4.69, 9.17) is 5.73 Å². The van der Waals surface area contributed by atoms with E-state index >= 15 is 0 Å². The van der Waals surface area contributed by atoms with Crippen LogP contribution < -0.4 is 11.5 Å². The molecule has 0 bridgehead atoms. The van der Waals surface area contributed by atoms with Gasteiger partial charge in [-0.25, -0.2) is 9.18 Å². The van der Waals surface area contributed by atoms with Gasteiger partial charge in [0.25, 0.3) is 0 Å². The number of nitrogens with zero attached hydrogens (tertiary/aromatic N) is 1. The van der Waals surface area contributed by atoms with Gasteiger partial charge in [0.05, 0.1) is 5.52 Å². The Morgan fingerprint density at radius 1 is 1.54 bits per heavy atom. The third-order valence-electron chi connectivity index (χ3n) is 1.87.